The van der Waals surface area contributed by atoms with E-state index in [-0.39, 0.29) is 42.9 Å². The number of halogens is 4. The van der Waals surface area contributed by atoms with Gasteiger partial charge in [-0.15, -0.1) is 0 Å². The van der Waals surface area contributed by atoms with Crippen LogP contribution in [0.3, 0.4) is 0 Å². The van der Waals surface area contributed by atoms with Crippen LogP contribution in [0.25, 0.3) is 11.2 Å². The molecule has 3 aliphatic rings. The third-order valence-corrected chi connectivity index (χ3v) is 8.82. The Hall–Kier alpha value is -3.03. The number of piperazine rings is 1. The number of alkyl halides is 2. The van der Waals surface area contributed by atoms with Crippen molar-refractivity contribution >= 4 is 22.9 Å². The Balaban J connectivity index is 1.32. The van der Waals surface area contributed by atoms with Gasteiger partial charge in [0, 0.05) is 50.7 Å². The van der Waals surface area contributed by atoms with Gasteiger partial charge in [0.1, 0.15) is 5.82 Å². The molecule has 2 unspecified atom stereocenters. The van der Waals surface area contributed by atoms with E-state index in [1.165, 1.54) is 6.07 Å². The standard InChI is InChI=1S/C28H36F4N8O/c1-15-13-39(25-23-26(36-27(35-25)37-33)40(17(3)34-23)14-20-5-4-8-41-20)16(2)12-38(15)24(19-10-28(31,32)11-19)18-6-7-21(29)22(30)9-18/h6-7,9,15-16,19-20,24H,4-5,8,10-14,33H2,1-3H3,(H,35,36,37)/t15-,16+,20?,24?/m1/s1. The zero-order valence-electron chi connectivity index (χ0n) is 23.5. The second kappa shape index (κ2) is 10.7. The number of fused-ring (bicyclic) bond motifs is 1. The Bertz CT molecular complexity index is 1420. The average Bonchev–Trinajstić information content (AvgIpc) is 3.54. The summed E-state index contributed by atoms with van der Waals surface area (Å²) < 4.78 is 64.0. The van der Waals surface area contributed by atoms with Crippen molar-refractivity contribution in [1.29, 1.82) is 0 Å². The number of aryl methyl sites for hydroxylation is 1. The first-order valence-electron chi connectivity index (χ1n) is 14.2. The molecule has 1 saturated carbocycles. The molecule has 4 atom stereocenters. The monoisotopic (exact) mass is 576 g/mol. The topological polar surface area (TPSA) is 97.4 Å². The van der Waals surface area contributed by atoms with Gasteiger partial charge in [-0.2, -0.15) is 9.97 Å². The van der Waals surface area contributed by atoms with E-state index in [4.69, 9.17) is 20.5 Å². The van der Waals surface area contributed by atoms with Crippen molar-refractivity contribution in [1.82, 2.24) is 24.4 Å². The molecule has 6 rings (SSSR count). The molecule has 2 aromatic heterocycles. The van der Waals surface area contributed by atoms with Gasteiger partial charge in [0.05, 0.1) is 12.6 Å². The molecule has 1 aliphatic carbocycles. The molecule has 13 heteroatoms. The van der Waals surface area contributed by atoms with Crippen LogP contribution in [0.5, 0.6) is 0 Å². The van der Waals surface area contributed by atoms with Gasteiger partial charge in [0.15, 0.2) is 28.6 Å². The number of nitrogens with zero attached hydrogens (tertiary/aromatic N) is 6. The molecule has 2 saturated heterocycles. The number of benzene rings is 1. The van der Waals surface area contributed by atoms with Crippen molar-refractivity contribution in [2.75, 3.05) is 30.0 Å². The van der Waals surface area contributed by atoms with Crippen molar-refractivity contribution in [2.24, 2.45) is 11.8 Å². The van der Waals surface area contributed by atoms with E-state index in [0.717, 1.165) is 37.4 Å². The molecule has 2 aliphatic heterocycles. The first-order chi connectivity index (χ1) is 19.5. The van der Waals surface area contributed by atoms with E-state index in [1.54, 1.807) is 0 Å². The summed E-state index contributed by atoms with van der Waals surface area (Å²) in [4.78, 5) is 18.5. The highest BCUT2D eigenvalue weighted by Gasteiger charge is 2.51. The zero-order chi connectivity index (χ0) is 29.1. The summed E-state index contributed by atoms with van der Waals surface area (Å²) in [6.07, 6.45) is 1.53. The minimum atomic E-state index is -2.74. The van der Waals surface area contributed by atoms with E-state index in [9.17, 15) is 17.6 Å². The van der Waals surface area contributed by atoms with Crippen molar-refractivity contribution in [3.05, 3.63) is 41.2 Å². The number of nitrogens with two attached hydrogens (primary N) is 1. The second-order valence-corrected chi connectivity index (χ2v) is 11.8. The number of hydrogen-bond donors (Lipinski definition) is 2. The molecule has 1 aromatic carbocycles. The summed E-state index contributed by atoms with van der Waals surface area (Å²) >= 11 is 0. The molecule has 9 nitrogen and oxygen atoms in total. The SMILES string of the molecule is Cc1nc2c(N3C[C@@H](C)N(C(c4ccc(F)c(F)c4)C4CC(F)(F)C4)C[C@@H]3C)nc(NN)nc2n1CC1CCCO1. The summed E-state index contributed by atoms with van der Waals surface area (Å²) in [5.74, 6) is 2.43. The summed E-state index contributed by atoms with van der Waals surface area (Å²) in [6.45, 7) is 8.37. The molecule has 3 aromatic rings. The third kappa shape index (κ3) is 5.23. The normalized spacial score (nSPS) is 26.0. The number of rotatable bonds is 7. The first kappa shape index (κ1) is 28.1. The Kier molecular flexibility index (Phi) is 7.31. The number of ether oxygens (including phenoxy) is 1. The van der Waals surface area contributed by atoms with Gasteiger partial charge < -0.3 is 14.2 Å². The summed E-state index contributed by atoms with van der Waals surface area (Å²) in [5.41, 5.74) is 4.41. The summed E-state index contributed by atoms with van der Waals surface area (Å²) in [6, 6.07) is 3.05. The van der Waals surface area contributed by atoms with Crippen LogP contribution >= 0.6 is 0 Å². The van der Waals surface area contributed by atoms with Crippen LogP contribution in [0.15, 0.2) is 18.2 Å². The summed E-state index contributed by atoms with van der Waals surface area (Å²) in [7, 11) is 0. The average molecular weight is 577 g/mol. The zero-order valence-corrected chi connectivity index (χ0v) is 23.5. The van der Waals surface area contributed by atoms with Gasteiger partial charge in [-0.1, -0.05) is 6.07 Å². The van der Waals surface area contributed by atoms with Gasteiger partial charge in [-0.3, -0.25) is 10.3 Å². The Morgan fingerprint density at radius 2 is 1.88 bits per heavy atom. The molecule has 222 valence electrons. The summed E-state index contributed by atoms with van der Waals surface area (Å²) in [5, 5.41) is 0. The second-order valence-electron chi connectivity index (χ2n) is 11.8. The highest BCUT2D eigenvalue weighted by atomic mass is 19.3. The Labute approximate surface area is 236 Å². The lowest BCUT2D eigenvalue weighted by Crippen LogP contribution is -2.59. The molecule has 0 radical (unpaired) electrons. The van der Waals surface area contributed by atoms with Gasteiger partial charge >= 0.3 is 0 Å². The molecule has 3 N–H and O–H groups in total. The minimum absolute atomic E-state index is 0.0911. The Morgan fingerprint density at radius 3 is 2.54 bits per heavy atom. The highest BCUT2D eigenvalue weighted by molar-refractivity contribution is 5.85. The lowest BCUT2D eigenvalue weighted by molar-refractivity contribution is -0.137. The van der Waals surface area contributed by atoms with Gasteiger partial charge in [-0.25, -0.2) is 28.4 Å². The van der Waals surface area contributed by atoms with Crippen LogP contribution < -0.4 is 16.2 Å². The molecule has 0 amide bonds. The van der Waals surface area contributed by atoms with Crippen LogP contribution in [-0.2, 0) is 11.3 Å². The van der Waals surface area contributed by atoms with Gasteiger partial charge in [0.2, 0.25) is 11.9 Å². The lowest BCUT2D eigenvalue weighted by atomic mass is 9.73. The highest BCUT2D eigenvalue weighted by Crippen LogP contribution is 2.51. The maximum Gasteiger partial charge on any atom is 0.248 e. The number of imidazole rings is 1. The maximum absolute atomic E-state index is 14.3. The van der Waals surface area contributed by atoms with E-state index >= 15 is 0 Å². The maximum atomic E-state index is 14.3. The van der Waals surface area contributed by atoms with Crippen LogP contribution in [-0.4, -0.2) is 68.2 Å². The number of anilines is 2. The van der Waals surface area contributed by atoms with Crippen molar-refractivity contribution in [3.63, 3.8) is 0 Å². The third-order valence-electron chi connectivity index (χ3n) is 8.82. The molecular weight excluding hydrogens is 540 g/mol. The Morgan fingerprint density at radius 1 is 1.10 bits per heavy atom. The van der Waals surface area contributed by atoms with E-state index in [2.05, 4.69) is 20.2 Å². The predicted molar refractivity (Wildman–Crippen MR) is 147 cm³/mol. The van der Waals surface area contributed by atoms with E-state index in [1.807, 2.05) is 25.3 Å². The molecule has 3 fully saturated rings. The number of nitrogen functional groups attached to an aromatic ring is 1. The minimum Gasteiger partial charge on any atom is -0.376 e. The number of hydrogen-bond acceptors (Lipinski definition) is 8. The number of nitrogens with one attached hydrogen (secondary N) is 1. The van der Waals surface area contributed by atoms with Gasteiger partial charge in [0.25, 0.3) is 0 Å². The molecule has 0 bridgehead atoms. The van der Waals surface area contributed by atoms with Crippen LogP contribution in [0.1, 0.15) is 57.0 Å². The first-order valence-corrected chi connectivity index (χ1v) is 14.2. The molecule has 41 heavy (non-hydrogen) atoms. The number of hydrazine groups is 1. The molecule has 4 heterocycles. The quantitative estimate of drug-likeness (QED) is 0.240. The number of aromatic nitrogens is 4. The van der Waals surface area contributed by atoms with Crippen LogP contribution in [0.4, 0.5) is 29.3 Å². The van der Waals surface area contributed by atoms with E-state index < -0.39 is 23.6 Å². The van der Waals surface area contributed by atoms with Crippen molar-refractivity contribution in [3.8, 4) is 0 Å². The fourth-order valence-electron chi connectivity index (χ4n) is 6.77. The van der Waals surface area contributed by atoms with Crippen LogP contribution in [0, 0.1) is 24.5 Å². The van der Waals surface area contributed by atoms with Gasteiger partial charge in [-0.05, 0) is 57.2 Å². The fraction of sp³-hybridized carbons (Fsp3) is 0.607. The molecular formula is C28H36F4N8O. The fourth-order valence-corrected chi connectivity index (χ4v) is 6.77. The smallest absolute Gasteiger partial charge is 0.248 e. The van der Waals surface area contributed by atoms with E-state index in [0.29, 0.717) is 42.2 Å². The van der Waals surface area contributed by atoms with Crippen LogP contribution in [0.2, 0.25) is 0 Å². The van der Waals surface area contributed by atoms with Crippen molar-refractivity contribution < 1.29 is 22.3 Å². The lowest BCUT2D eigenvalue weighted by Gasteiger charge is -2.52. The molecule has 0 spiro atoms. The largest absolute Gasteiger partial charge is 0.376 e. The predicted octanol–water partition coefficient (Wildman–Crippen LogP) is 4.56. The van der Waals surface area contributed by atoms with Crippen molar-refractivity contribution in [2.45, 2.75) is 83.2 Å².